The first kappa shape index (κ1) is 34.2. The number of nitrogens with zero attached hydrogens (tertiary/aromatic N) is 2. The molecule has 0 radical (unpaired) electrons. The Morgan fingerprint density at radius 1 is 0.771 bits per heavy atom. The first-order valence-corrected chi connectivity index (χ1v) is 17.9. The Morgan fingerprint density at radius 2 is 1.33 bits per heavy atom. The molecular weight excluding hydrogens is 616 g/mol. The second-order valence-corrected chi connectivity index (χ2v) is 14.0. The van der Waals surface area contributed by atoms with Gasteiger partial charge in [-0.15, -0.1) is 0 Å². The lowest BCUT2D eigenvalue weighted by molar-refractivity contribution is -0.126. The summed E-state index contributed by atoms with van der Waals surface area (Å²) in [6.45, 7) is 5.80. The fraction of sp³-hybridized carbons (Fsp3) is 0.390. The minimum Gasteiger partial charge on any atom is -0.385 e. The highest BCUT2D eigenvalue weighted by atomic mass is 35.5. The van der Waals surface area contributed by atoms with Crippen molar-refractivity contribution in [1.29, 1.82) is 0 Å². The maximum absolute atomic E-state index is 13.7. The van der Waals surface area contributed by atoms with Gasteiger partial charge in [-0.3, -0.25) is 9.69 Å². The summed E-state index contributed by atoms with van der Waals surface area (Å²) in [5.41, 5.74) is 3.37. The van der Waals surface area contributed by atoms with E-state index in [4.69, 9.17) is 11.6 Å². The Labute approximate surface area is 291 Å². The largest absolute Gasteiger partial charge is 0.385 e. The zero-order chi connectivity index (χ0) is 33.2. The first-order chi connectivity index (χ1) is 23.4. The van der Waals surface area contributed by atoms with Crippen LogP contribution in [0.4, 0.5) is 5.69 Å². The van der Waals surface area contributed by atoms with E-state index < -0.39 is 5.60 Å². The Balaban J connectivity index is 1.08. The van der Waals surface area contributed by atoms with E-state index in [2.05, 4.69) is 93.2 Å². The van der Waals surface area contributed by atoms with Gasteiger partial charge in [0.2, 0.25) is 5.91 Å². The van der Waals surface area contributed by atoms with Gasteiger partial charge in [0.25, 0.3) is 0 Å². The quantitative estimate of drug-likeness (QED) is 0.140. The van der Waals surface area contributed by atoms with Crippen LogP contribution in [-0.2, 0) is 15.8 Å². The number of rotatable bonds is 13. The van der Waals surface area contributed by atoms with Gasteiger partial charge >= 0.3 is 0 Å². The Hall–Kier alpha value is -3.68. The predicted octanol–water partition coefficient (Wildman–Crippen LogP) is 7.29. The van der Waals surface area contributed by atoms with Gasteiger partial charge in [0.05, 0.1) is 12.3 Å². The molecular formula is C41H49ClN4O2. The molecule has 1 amide bonds. The van der Waals surface area contributed by atoms with E-state index in [9.17, 15) is 9.90 Å². The number of anilines is 1. The van der Waals surface area contributed by atoms with Gasteiger partial charge in [-0.05, 0) is 86.0 Å². The lowest BCUT2D eigenvalue weighted by Gasteiger charge is -2.40. The molecule has 3 N–H and O–H groups in total. The summed E-state index contributed by atoms with van der Waals surface area (Å²) in [4.78, 5) is 18.6. The number of piperidine rings is 2. The van der Waals surface area contributed by atoms with Crippen LogP contribution in [0.25, 0.3) is 0 Å². The molecule has 2 fully saturated rings. The number of para-hydroxylation sites is 1. The topological polar surface area (TPSA) is 67.8 Å². The van der Waals surface area contributed by atoms with Crippen LogP contribution in [0.2, 0.25) is 5.02 Å². The smallest absolute Gasteiger partial charge is 0.223 e. The number of carbonyl (C=O) groups excluding carboxylic acids is 1. The number of benzene rings is 4. The fourth-order valence-corrected chi connectivity index (χ4v) is 7.68. The van der Waals surface area contributed by atoms with Gasteiger partial charge in [-0.25, -0.2) is 0 Å². The number of halogens is 1. The van der Waals surface area contributed by atoms with E-state index >= 15 is 0 Å². The van der Waals surface area contributed by atoms with Crippen LogP contribution < -0.4 is 10.6 Å². The van der Waals surface area contributed by atoms with Gasteiger partial charge in [0.1, 0.15) is 0 Å². The summed E-state index contributed by atoms with van der Waals surface area (Å²) in [7, 11) is 0. The summed E-state index contributed by atoms with van der Waals surface area (Å²) in [6.07, 6.45) is 5.02. The molecule has 6 nitrogen and oxygen atoms in total. The number of carbonyl (C=O) groups is 1. The molecule has 0 spiro atoms. The van der Waals surface area contributed by atoms with E-state index in [-0.39, 0.29) is 17.2 Å². The SMILES string of the molecule is O=C(NCC(CCCN1CCC(O)(c2ccc(Cl)cc2)CC1)(c1ccccc1)c1ccccc1)C1CCN(CNc2ccccc2)CC1. The molecule has 2 aliphatic rings. The van der Waals surface area contributed by atoms with Crippen molar-refractivity contribution in [2.24, 2.45) is 5.92 Å². The summed E-state index contributed by atoms with van der Waals surface area (Å²) < 4.78 is 0. The Kier molecular flexibility index (Phi) is 11.5. The van der Waals surface area contributed by atoms with Crippen LogP contribution in [-0.4, -0.2) is 66.8 Å². The summed E-state index contributed by atoms with van der Waals surface area (Å²) in [5, 5.41) is 19.1. The molecule has 0 atom stereocenters. The second-order valence-electron chi connectivity index (χ2n) is 13.6. The van der Waals surface area contributed by atoms with Crippen molar-refractivity contribution in [2.75, 3.05) is 51.3 Å². The average molecular weight is 665 g/mol. The van der Waals surface area contributed by atoms with Crippen LogP contribution >= 0.6 is 11.6 Å². The third kappa shape index (κ3) is 8.48. The third-order valence-corrected chi connectivity index (χ3v) is 10.9. The Morgan fingerprint density at radius 3 is 1.92 bits per heavy atom. The fourth-order valence-electron chi connectivity index (χ4n) is 7.56. The summed E-state index contributed by atoms with van der Waals surface area (Å²) in [5.74, 6) is 0.189. The van der Waals surface area contributed by atoms with Gasteiger partial charge in [-0.2, -0.15) is 0 Å². The van der Waals surface area contributed by atoms with Crippen LogP contribution in [0.15, 0.2) is 115 Å². The molecule has 0 saturated carbocycles. The van der Waals surface area contributed by atoms with Gasteiger partial charge in [0, 0.05) is 54.8 Å². The summed E-state index contributed by atoms with van der Waals surface area (Å²) in [6, 6.07) is 39.3. The van der Waals surface area contributed by atoms with Crippen LogP contribution in [0.5, 0.6) is 0 Å². The lowest BCUT2D eigenvalue weighted by Crippen LogP contribution is -2.47. The molecule has 0 aromatic heterocycles. The highest BCUT2D eigenvalue weighted by Crippen LogP contribution is 2.38. The minimum absolute atomic E-state index is 0.0231. The molecule has 2 saturated heterocycles. The molecule has 4 aromatic carbocycles. The Bertz CT molecular complexity index is 1510. The van der Waals surface area contributed by atoms with E-state index in [0.29, 0.717) is 24.4 Å². The lowest BCUT2D eigenvalue weighted by atomic mass is 9.71. The molecule has 6 rings (SSSR count). The van der Waals surface area contributed by atoms with E-state index in [0.717, 1.165) is 76.3 Å². The third-order valence-electron chi connectivity index (χ3n) is 10.6. The van der Waals surface area contributed by atoms with Gasteiger partial charge in [-0.1, -0.05) is 103 Å². The normalized spacial score (nSPS) is 17.5. The molecule has 7 heteroatoms. The maximum Gasteiger partial charge on any atom is 0.223 e. The van der Waals surface area contributed by atoms with E-state index in [1.54, 1.807) is 0 Å². The van der Waals surface area contributed by atoms with Gasteiger partial charge in [0.15, 0.2) is 0 Å². The minimum atomic E-state index is -0.808. The highest BCUT2D eigenvalue weighted by molar-refractivity contribution is 6.30. The zero-order valence-corrected chi connectivity index (χ0v) is 28.6. The number of nitrogens with one attached hydrogen (secondary N) is 2. The number of aliphatic hydroxyl groups is 1. The predicted molar refractivity (Wildman–Crippen MR) is 196 cm³/mol. The molecule has 0 unspecified atom stereocenters. The molecule has 252 valence electrons. The molecule has 2 aliphatic heterocycles. The van der Waals surface area contributed by atoms with Gasteiger partial charge < -0.3 is 20.6 Å². The molecule has 0 aliphatic carbocycles. The molecule has 0 bridgehead atoms. The number of amides is 1. The van der Waals surface area contributed by atoms with Crippen LogP contribution in [0.1, 0.15) is 55.2 Å². The average Bonchev–Trinajstić information content (AvgIpc) is 3.14. The van der Waals surface area contributed by atoms with Crippen molar-refractivity contribution in [3.05, 3.63) is 137 Å². The maximum atomic E-state index is 13.7. The van der Waals surface area contributed by atoms with Crippen LogP contribution in [0.3, 0.4) is 0 Å². The van der Waals surface area contributed by atoms with E-state index in [1.807, 2.05) is 42.5 Å². The van der Waals surface area contributed by atoms with Crippen molar-refractivity contribution in [3.8, 4) is 0 Å². The van der Waals surface area contributed by atoms with E-state index in [1.165, 1.54) is 11.1 Å². The van der Waals surface area contributed by atoms with Crippen molar-refractivity contribution >= 4 is 23.2 Å². The summed E-state index contributed by atoms with van der Waals surface area (Å²) >= 11 is 6.10. The van der Waals surface area contributed by atoms with Crippen molar-refractivity contribution in [3.63, 3.8) is 0 Å². The number of likely N-dealkylation sites (tertiary alicyclic amines) is 2. The van der Waals surface area contributed by atoms with Crippen molar-refractivity contribution in [2.45, 2.75) is 49.5 Å². The standard InChI is InChI=1S/C41H49ClN4O2/c42-37-19-17-36(18-20-37)41(48)24-29-45(30-25-41)26-10-23-40(34-11-4-1-5-12-34,35-13-6-2-7-14-35)31-43-39(47)33-21-27-46(28-22-33)32-44-38-15-8-3-9-16-38/h1-9,11-20,33,44,48H,10,21-32H2,(H,43,47). The zero-order valence-electron chi connectivity index (χ0n) is 27.9. The molecule has 4 aromatic rings. The van der Waals surface area contributed by atoms with Crippen molar-refractivity contribution < 1.29 is 9.90 Å². The highest BCUT2D eigenvalue weighted by Gasteiger charge is 2.37. The monoisotopic (exact) mass is 664 g/mol. The first-order valence-electron chi connectivity index (χ1n) is 17.5. The molecule has 48 heavy (non-hydrogen) atoms. The number of hydrogen-bond acceptors (Lipinski definition) is 5. The number of hydrogen-bond donors (Lipinski definition) is 3. The van der Waals surface area contributed by atoms with Crippen molar-refractivity contribution in [1.82, 2.24) is 15.1 Å². The molecule has 2 heterocycles. The van der Waals surface area contributed by atoms with Crippen LogP contribution in [0, 0.1) is 5.92 Å². The second kappa shape index (κ2) is 16.1.